The van der Waals surface area contributed by atoms with E-state index in [1.807, 2.05) is 24.7 Å². The second-order valence-electron chi connectivity index (χ2n) is 5.88. The number of aromatic nitrogens is 2. The maximum absolute atomic E-state index is 12.3. The number of carbonyl (C=O) groups is 1. The first-order valence-electron chi connectivity index (χ1n) is 7.42. The summed E-state index contributed by atoms with van der Waals surface area (Å²) in [4.78, 5) is 14.1. The van der Waals surface area contributed by atoms with Crippen LogP contribution < -0.4 is 5.32 Å². The molecule has 0 aromatic carbocycles. The molecule has 1 aliphatic rings. The highest BCUT2D eigenvalue weighted by atomic mass is 32.1. The van der Waals surface area contributed by atoms with E-state index in [0.29, 0.717) is 18.4 Å². The molecule has 1 amide bonds. The van der Waals surface area contributed by atoms with E-state index in [4.69, 9.17) is 0 Å². The number of rotatable bonds is 4. The zero-order valence-electron chi connectivity index (χ0n) is 12.4. The molecule has 0 saturated heterocycles. The van der Waals surface area contributed by atoms with E-state index >= 15 is 0 Å². The van der Waals surface area contributed by atoms with E-state index in [-0.39, 0.29) is 12.5 Å². The monoisotopic (exact) mass is 307 g/mol. The molecule has 1 fully saturated rings. The zero-order chi connectivity index (χ0) is 15.0. The minimum atomic E-state index is -0.0146. The first kappa shape index (κ1) is 14.5. The topological polar surface area (TPSA) is 67.2 Å². The Morgan fingerprint density at radius 3 is 3.00 bits per heavy atom. The molecular weight excluding hydrogens is 286 g/mol. The number of carbonyl (C=O) groups excluding carboxylic acids is 1. The van der Waals surface area contributed by atoms with E-state index in [0.717, 1.165) is 40.1 Å². The third-order valence-electron chi connectivity index (χ3n) is 4.50. The minimum absolute atomic E-state index is 0.0146. The smallest absolute Gasteiger partial charge is 0.261 e. The van der Waals surface area contributed by atoms with Crippen LogP contribution in [0, 0.1) is 18.8 Å². The number of hydrogen-bond acceptors (Lipinski definition) is 4. The van der Waals surface area contributed by atoms with Crippen LogP contribution in [0.5, 0.6) is 0 Å². The van der Waals surface area contributed by atoms with Crippen LogP contribution in [0.15, 0.2) is 6.07 Å². The van der Waals surface area contributed by atoms with Gasteiger partial charge < -0.3 is 10.4 Å². The summed E-state index contributed by atoms with van der Waals surface area (Å²) in [7, 11) is 1.90. The Labute approximate surface area is 128 Å². The van der Waals surface area contributed by atoms with E-state index in [9.17, 15) is 9.90 Å². The quantitative estimate of drug-likeness (QED) is 0.909. The zero-order valence-corrected chi connectivity index (χ0v) is 13.2. The summed E-state index contributed by atoms with van der Waals surface area (Å²) >= 11 is 1.48. The maximum atomic E-state index is 12.3. The van der Waals surface area contributed by atoms with Gasteiger partial charge in [-0.05, 0) is 37.7 Å². The number of nitrogens with one attached hydrogen (secondary N) is 1. The lowest BCUT2D eigenvalue weighted by molar-refractivity contribution is 0.0942. The number of aliphatic hydroxyl groups excluding tert-OH is 1. The standard InChI is InChI=1S/C15H21N3O2S/c1-9-12-6-13(21-15(12)18(2)17-9)14(20)16-7-10-4-3-5-11(10)8-19/h6,10-11,19H,3-5,7-8H2,1-2H3,(H,16,20). The van der Waals surface area contributed by atoms with E-state index in [1.165, 1.54) is 11.3 Å². The summed E-state index contributed by atoms with van der Waals surface area (Å²) in [6.07, 6.45) is 3.32. The highest BCUT2D eigenvalue weighted by molar-refractivity contribution is 7.20. The Morgan fingerprint density at radius 2 is 2.29 bits per heavy atom. The fourth-order valence-corrected chi connectivity index (χ4v) is 4.29. The van der Waals surface area contributed by atoms with Crippen molar-refractivity contribution in [3.8, 4) is 0 Å². The molecule has 1 aliphatic carbocycles. The molecule has 3 rings (SSSR count). The van der Waals surface area contributed by atoms with Crippen LogP contribution in [0.2, 0.25) is 0 Å². The van der Waals surface area contributed by atoms with Crippen molar-refractivity contribution in [2.45, 2.75) is 26.2 Å². The van der Waals surface area contributed by atoms with Crippen molar-refractivity contribution >= 4 is 27.5 Å². The van der Waals surface area contributed by atoms with Gasteiger partial charge in [-0.2, -0.15) is 5.10 Å². The van der Waals surface area contributed by atoms with Crippen LogP contribution >= 0.6 is 11.3 Å². The molecule has 6 heteroatoms. The van der Waals surface area contributed by atoms with E-state index in [1.54, 1.807) is 0 Å². The Bertz CT molecular complexity index is 627. The van der Waals surface area contributed by atoms with Crippen molar-refractivity contribution in [2.24, 2.45) is 18.9 Å². The van der Waals surface area contributed by atoms with Gasteiger partial charge in [0.05, 0.1) is 10.6 Å². The average Bonchev–Trinajstić information content (AvgIpc) is 3.15. The fourth-order valence-electron chi connectivity index (χ4n) is 3.25. The van der Waals surface area contributed by atoms with Gasteiger partial charge in [-0.3, -0.25) is 9.48 Å². The van der Waals surface area contributed by atoms with Crippen molar-refractivity contribution in [3.63, 3.8) is 0 Å². The number of amides is 1. The molecule has 5 nitrogen and oxygen atoms in total. The van der Waals surface area contributed by atoms with Gasteiger partial charge in [0.1, 0.15) is 4.83 Å². The molecule has 2 aromatic rings. The molecule has 0 spiro atoms. The molecule has 21 heavy (non-hydrogen) atoms. The molecule has 114 valence electrons. The van der Waals surface area contributed by atoms with Gasteiger partial charge in [0.15, 0.2) is 0 Å². The van der Waals surface area contributed by atoms with Crippen LogP contribution in [0.25, 0.3) is 10.2 Å². The van der Waals surface area contributed by atoms with Crippen LogP contribution in [-0.2, 0) is 7.05 Å². The van der Waals surface area contributed by atoms with Crippen LogP contribution in [0.3, 0.4) is 0 Å². The molecule has 2 unspecified atom stereocenters. The first-order chi connectivity index (χ1) is 10.1. The van der Waals surface area contributed by atoms with E-state index in [2.05, 4.69) is 10.4 Å². The van der Waals surface area contributed by atoms with Crippen molar-refractivity contribution in [1.29, 1.82) is 0 Å². The Hall–Kier alpha value is -1.40. The summed E-state index contributed by atoms with van der Waals surface area (Å²) < 4.78 is 1.82. The maximum Gasteiger partial charge on any atom is 0.261 e. The minimum Gasteiger partial charge on any atom is -0.396 e. The summed E-state index contributed by atoms with van der Waals surface area (Å²) in [5.41, 5.74) is 0.957. The van der Waals surface area contributed by atoms with Crippen molar-refractivity contribution < 1.29 is 9.90 Å². The summed E-state index contributed by atoms with van der Waals surface area (Å²) in [6, 6.07) is 1.93. The third-order valence-corrected chi connectivity index (χ3v) is 5.70. The Balaban J connectivity index is 1.68. The Morgan fingerprint density at radius 1 is 1.52 bits per heavy atom. The molecule has 2 heterocycles. The van der Waals surface area contributed by atoms with Gasteiger partial charge in [0.2, 0.25) is 0 Å². The number of thiophene rings is 1. The lowest BCUT2D eigenvalue weighted by Gasteiger charge is -2.17. The van der Waals surface area contributed by atoms with Crippen LogP contribution in [0.4, 0.5) is 0 Å². The SMILES string of the molecule is Cc1nn(C)c2sc(C(=O)NCC3CCCC3CO)cc12. The van der Waals surface area contributed by atoms with Crippen molar-refractivity contribution in [2.75, 3.05) is 13.2 Å². The number of aliphatic hydroxyl groups is 1. The van der Waals surface area contributed by atoms with Gasteiger partial charge >= 0.3 is 0 Å². The van der Waals surface area contributed by atoms with Gasteiger partial charge in [-0.25, -0.2) is 0 Å². The van der Waals surface area contributed by atoms with Crippen molar-refractivity contribution in [3.05, 3.63) is 16.6 Å². The second-order valence-corrected chi connectivity index (χ2v) is 6.91. The van der Waals surface area contributed by atoms with Gasteiger partial charge in [0.25, 0.3) is 5.91 Å². The lowest BCUT2D eigenvalue weighted by atomic mass is 9.97. The molecule has 0 bridgehead atoms. The van der Waals surface area contributed by atoms with Gasteiger partial charge in [-0.15, -0.1) is 11.3 Å². The lowest BCUT2D eigenvalue weighted by Crippen LogP contribution is -2.31. The summed E-state index contributed by atoms with van der Waals surface area (Å²) in [5.74, 6) is 0.745. The number of aryl methyl sites for hydroxylation is 2. The van der Waals surface area contributed by atoms with Crippen LogP contribution in [0.1, 0.15) is 34.6 Å². The average molecular weight is 307 g/mol. The number of nitrogens with zero attached hydrogens (tertiary/aromatic N) is 2. The molecule has 2 N–H and O–H groups in total. The number of hydrogen-bond donors (Lipinski definition) is 2. The molecule has 0 aliphatic heterocycles. The molecule has 2 atom stereocenters. The number of fused-ring (bicyclic) bond motifs is 1. The summed E-state index contributed by atoms with van der Waals surface area (Å²) in [5, 5.41) is 17.8. The van der Waals surface area contributed by atoms with Gasteiger partial charge in [0, 0.05) is 25.6 Å². The largest absolute Gasteiger partial charge is 0.396 e. The normalized spacial score (nSPS) is 22.0. The second kappa shape index (κ2) is 5.77. The van der Waals surface area contributed by atoms with Crippen LogP contribution in [-0.4, -0.2) is 33.9 Å². The highest BCUT2D eigenvalue weighted by Crippen LogP contribution is 2.31. The fraction of sp³-hybridized carbons (Fsp3) is 0.600. The molecular formula is C15H21N3O2S. The molecule has 1 saturated carbocycles. The Kier molecular flexibility index (Phi) is 3.99. The predicted octanol–water partition coefficient (Wildman–Crippen LogP) is 2.08. The summed E-state index contributed by atoms with van der Waals surface area (Å²) in [6.45, 7) is 2.85. The predicted molar refractivity (Wildman–Crippen MR) is 83.6 cm³/mol. The van der Waals surface area contributed by atoms with E-state index < -0.39 is 0 Å². The third kappa shape index (κ3) is 2.70. The first-order valence-corrected chi connectivity index (χ1v) is 8.24. The van der Waals surface area contributed by atoms with Gasteiger partial charge in [-0.1, -0.05) is 6.42 Å². The van der Waals surface area contributed by atoms with Crippen molar-refractivity contribution in [1.82, 2.24) is 15.1 Å². The molecule has 0 radical (unpaired) electrons. The molecule has 2 aromatic heterocycles. The highest BCUT2D eigenvalue weighted by Gasteiger charge is 2.27.